The van der Waals surface area contributed by atoms with Crippen LogP contribution in [-0.4, -0.2) is 30.0 Å². The molecule has 0 saturated carbocycles. The minimum absolute atomic E-state index is 0.0676. The molecule has 1 unspecified atom stereocenters. The number of non-ortho nitro benzene ring substituents is 1. The van der Waals surface area contributed by atoms with Crippen LogP contribution in [0.3, 0.4) is 0 Å². The molecule has 1 aromatic carbocycles. The van der Waals surface area contributed by atoms with Crippen molar-refractivity contribution >= 4 is 5.69 Å². The Morgan fingerprint density at radius 3 is 2.59 bits per heavy atom. The van der Waals surface area contributed by atoms with Crippen LogP contribution >= 0.6 is 0 Å². The van der Waals surface area contributed by atoms with E-state index in [-0.39, 0.29) is 19.0 Å². The Labute approximate surface area is 123 Å². The molecule has 1 saturated heterocycles. The molecule has 122 valence electrons. The summed E-state index contributed by atoms with van der Waals surface area (Å²) in [6.45, 7) is 3.56. The van der Waals surface area contributed by atoms with Gasteiger partial charge >= 0.3 is 6.18 Å². The molecule has 0 aliphatic carbocycles. The lowest BCUT2D eigenvalue weighted by Gasteiger charge is -2.17. The molecule has 1 aliphatic heterocycles. The third-order valence-electron chi connectivity index (χ3n) is 2.93. The van der Waals surface area contributed by atoms with Crippen molar-refractivity contribution in [1.82, 2.24) is 0 Å². The molecule has 1 aromatic rings. The zero-order chi connectivity index (χ0) is 16.5. The largest absolute Gasteiger partial charge is 0.491 e. The molecule has 0 bridgehead atoms. The Morgan fingerprint density at radius 2 is 2.09 bits per heavy atom. The van der Waals surface area contributed by atoms with Crippen LogP contribution in [0.15, 0.2) is 18.2 Å². The summed E-state index contributed by atoms with van der Waals surface area (Å²) >= 11 is 0. The first-order chi connectivity index (χ1) is 10.1. The zero-order valence-corrected chi connectivity index (χ0v) is 11.8. The van der Waals surface area contributed by atoms with Crippen molar-refractivity contribution in [1.29, 1.82) is 0 Å². The quantitative estimate of drug-likeness (QED) is 0.629. The van der Waals surface area contributed by atoms with E-state index in [0.717, 1.165) is 6.07 Å². The van der Waals surface area contributed by atoms with E-state index in [1.165, 1.54) is 0 Å². The summed E-state index contributed by atoms with van der Waals surface area (Å²) in [6, 6.07) is 2.12. The van der Waals surface area contributed by atoms with E-state index >= 15 is 0 Å². The Morgan fingerprint density at radius 1 is 1.41 bits per heavy atom. The van der Waals surface area contributed by atoms with Gasteiger partial charge in [0.2, 0.25) is 0 Å². The number of hydrogen-bond donors (Lipinski definition) is 0. The van der Waals surface area contributed by atoms with Crippen molar-refractivity contribution in [2.75, 3.05) is 13.2 Å². The fraction of sp³-hybridized carbons (Fsp3) is 0.538. The van der Waals surface area contributed by atoms with E-state index in [1.807, 2.05) is 0 Å². The Bertz CT molecular complexity index is 573. The molecule has 1 atom stereocenters. The van der Waals surface area contributed by atoms with Gasteiger partial charge in [-0.2, -0.15) is 13.2 Å². The summed E-state index contributed by atoms with van der Waals surface area (Å²) in [6.07, 6.45) is -5.15. The normalized spacial score (nSPS) is 20.9. The van der Waals surface area contributed by atoms with Gasteiger partial charge in [0.25, 0.3) is 5.69 Å². The highest BCUT2D eigenvalue weighted by Crippen LogP contribution is 2.35. The number of nitro benzene ring substituents is 1. The van der Waals surface area contributed by atoms with Gasteiger partial charge in [-0.15, -0.1) is 0 Å². The van der Waals surface area contributed by atoms with Gasteiger partial charge in [-0.25, -0.2) is 0 Å². The van der Waals surface area contributed by atoms with Gasteiger partial charge in [-0.05, 0) is 19.9 Å². The van der Waals surface area contributed by atoms with Crippen molar-refractivity contribution in [3.63, 3.8) is 0 Å². The number of benzene rings is 1. The van der Waals surface area contributed by atoms with Crippen LogP contribution in [0.2, 0.25) is 0 Å². The lowest BCUT2D eigenvalue weighted by atomic mass is 10.2. The molecule has 2 rings (SSSR count). The second-order valence-electron chi connectivity index (χ2n) is 5.23. The molecular weight excluding hydrogens is 307 g/mol. The summed E-state index contributed by atoms with van der Waals surface area (Å²) in [5.74, 6) is -1.02. The molecule has 22 heavy (non-hydrogen) atoms. The van der Waals surface area contributed by atoms with Crippen LogP contribution < -0.4 is 4.74 Å². The van der Waals surface area contributed by atoms with Gasteiger partial charge in [0.1, 0.15) is 18.5 Å². The second kappa shape index (κ2) is 5.73. The van der Waals surface area contributed by atoms with E-state index in [2.05, 4.69) is 0 Å². The lowest BCUT2D eigenvalue weighted by molar-refractivity contribution is -0.385. The summed E-state index contributed by atoms with van der Waals surface area (Å²) in [5.41, 5.74) is -1.82. The predicted molar refractivity (Wildman–Crippen MR) is 68.5 cm³/mol. The van der Waals surface area contributed by atoms with Crippen LogP contribution in [0.5, 0.6) is 5.75 Å². The Balaban J connectivity index is 2.13. The van der Waals surface area contributed by atoms with Gasteiger partial charge in [-0.1, -0.05) is 0 Å². The highest BCUT2D eigenvalue weighted by molar-refractivity contribution is 5.43. The molecule has 0 amide bonds. The standard InChI is InChI=1S/C13H14F3NO5/c1-12(2)21-7-11(22-12)6-20-10-4-8(13(14,15)16)3-9(5-10)17(18)19/h3-5,11H,6-7H2,1-2H3. The molecule has 0 radical (unpaired) electrons. The molecule has 1 aliphatic rings. The summed E-state index contributed by atoms with van der Waals surface area (Å²) in [7, 11) is 0. The SMILES string of the molecule is CC1(C)OCC(COc2cc([N+](=O)[O-])cc(C(F)(F)F)c2)O1. The molecule has 0 N–H and O–H groups in total. The van der Waals surface area contributed by atoms with Crippen molar-refractivity contribution in [2.45, 2.75) is 31.9 Å². The van der Waals surface area contributed by atoms with Crippen molar-refractivity contribution in [2.24, 2.45) is 0 Å². The second-order valence-corrected chi connectivity index (χ2v) is 5.23. The number of halogens is 3. The van der Waals surface area contributed by atoms with Gasteiger partial charge in [-0.3, -0.25) is 10.1 Å². The Kier molecular flexibility index (Phi) is 4.30. The number of ether oxygens (including phenoxy) is 3. The smallest absolute Gasteiger partial charge is 0.416 e. The zero-order valence-electron chi connectivity index (χ0n) is 11.8. The van der Waals surface area contributed by atoms with Crippen LogP contribution in [0, 0.1) is 10.1 Å². The molecule has 9 heteroatoms. The van der Waals surface area contributed by atoms with Gasteiger partial charge in [0, 0.05) is 6.07 Å². The summed E-state index contributed by atoms with van der Waals surface area (Å²) < 4.78 is 54.1. The first kappa shape index (κ1) is 16.5. The summed E-state index contributed by atoms with van der Waals surface area (Å²) in [4.78, 5) is 9.81. The first-order valence-electron chi connectivity index (χ1n) is 6.38. The molecule has 1 fully saturated rings. The van der Waals surface area contributed by atoms with Crippen LogP contribution in [0.1, 0.15) is 19.4 Å². The maximum atomic E-state index is 12.7. The average molecular weight is 321 g/mol. The van der Waals surface area contributed by atoms with Crippen LogP contribution in [0.4, 0.5) is 18.9 Å². The van der Waals surface area contributed by atoms with Crippen molar-refractivity contribution < 1.29 is 32.3 Å². The molecule has 0 spiro atoms. The minimum Gasteiger partial charge on any atom is -0.491 e. The van der Waals surface area contributed by atoms with Gasteiger partial charge < -0.3 is 14.2 Å². The number of nitrogens with zero attached hydrogens (tertiary/aromatic N) is 1. The highest BCUT2D eigenvalue weighted by Gasteiger charge is 2.35. The lowest BCUT2D eigenvalue weighted by Crippen LogP contribution is -2.25. The number of hydrogen-bond acceptors (Lipinski definition) is 5. The van der Waals surface area contributed by atoms with Gasteiger partial charge in [0.05, 0.1) is 23.2 Å². The third-order valence-corrected chi connectivity index (χ3v) is 2.93. The monoisotopic (exact) mass is 321 g/mol. The maximum absolute atomic E-state index is 12.7. The highest BCUT2D eigenvalue weighted by atomic mass is 19.4. The van der Waals surface area contributed by atoms with E-state index in [1.54, 1.807) is 13.8 Å². The average Bonchev–Trinajstić information content (AvgIpc) is 2.74. The minimum atomic E-state index is -4.70. The van der Waals surface area contributed by atoms with E-state index in [0.29, 0.717) is 12.1 Å². The fourth-order valence-electron chi connectivity index (χ4n) is 1.97. The van der Waals surface area contributed by atoms with Crippen LogP contribution in [-0.2, 0) is 15.7 Å². The summed E-state index contributed by atoms with van der Waals surface area (Å²) in [5, 5.41) is 10.7. The molecule has 0 aromatic heterocycles. The van der Waals surface area contributed by atoms with E-state index < -0.39 is 34.2 Å². The van der Waals surface area contributed by atoms with E-state index in [4.69, 9.17) is 14.2 Å². The van der Waals surface area contributed by atoms with E-state index in [9.17, 15) is 23.3 Å². The van der Waals surface area contributed by atoms with Crippen LogP contribution in [0.25, 0.3) is 0 Å². The predicted octanol–water partition coefficient (Wildman–Crippen LogP) is 3.14. The van der Waals surface area contributed by atoms with Crippen molar-refractivity contribution in [3.8, 4) is 5.75 Å². The number of alkyl halides is 3. The molecule has 6 nitrogen and oxygen atoms in total. The molecular formula is C13H14F3NO5. The third kappa shape index (κ3) is 4.08. The maximum Gasteiger partial charge on any atom is 0.416 e. The Hall–Kier alpha value is -1.87. The molecule has 1 heterocycles. The first-order valence-corrected chi connectivity index (χ1v) is 6.38. The number of rotatable bonds is 4. The van der Waals surface area contributed by atoms with Gasteiger partial charge in [0.15, 0.2) is 5.79 Å². The van der Waals surface area contributed by atoms with Crippen molar-refractivity contribution in [3.05, 3.63) is 33.9 Å². The fourth-order valence-corrected chi connectivity index (χ4v) is 1.97. The number of nitro groups is 1. The topological polar surface area (TPSA) is 70.8 Å².